The summed E-state index contributed by atoms with van der Waals surface area (Å²) in [4.78, 5) is 4.65. The van der Waals surface area contributed by atoms with Crippen LogP contribution in [0.3, 0.4) is 0 Å². The highest BCUT2D eigenvalue weighted by Crippen LogP contribution is 2.32. The Morgan fingerprint density at radius 3 is 2.93 bits per heavy atom. The van der Waals surface area contributed by atoms with Gasteiger partial charge in [0.05, 0.1) is 0 Å². The molecule has 0 fully saturated rings. The molecular weight excluding hydrogens is 170 g/mol. The molecule has 0 radical (unpaired) electrons. The van der Waals surface area contributed by atoms with Crippen molar-refractivity contribution < 1.29 is 0 Å². The van der Waals surface area contributed by atoms with Gasteiger partial charge in [-0.25, -0.2) is 0 Å². The average molecular weight is 187 g/mol. The predicted octanol–water partition coefficient (Wildman–Crippen LogP) is 3.39. The molecule has 1 heteroatoms. The zero-order valence-electron chi connectivity index (χ0n) is 8.96. The van der Waals surface area contributed by atoms with Crippen LogP contribution in [0.2, 0.25) is 0 Å². The van der Waals surface area contributed by atoms with E-state index in [0.29, 0.717) is 5.92 Å². The van der Waals surface area contributed by atoms with Crippen LogP contribution in [0.4, 0.5) is 0 Å². The SMILES string of the molecule is CCCN=C1CC(C)c2ccccc21. The average Bonchev–Trinajstić information content (AvgIpc) is 2.54. The van der Waals surface area contributed by atoms with E-state index in [2.05, 4.69) is 43.1 Å². The van der Waals surface area contributed by atoms with Crippen molar-refractivity contribution in [3.63, 3.8) is 0 Å². The van der Waals surface area contributed by atoms with Gasteiger partial charge in [0, 0.05) is 12.3 Å². The summed E-state index contributed by atoms with van der Waals surface area (Å²) in [5, 5.41) is 0. The molecule has 1 aliphatic rings. The van der Waals surface area contributed by atoms with Crippen LogP contribution in [-0.4, -0.2) is 12.3 Å². The summed E-state index contributed by atoms with van der Waals surface area (Å²) in [6, 6.07) is 8.66. The normalized spacial score (nSPS) is 22.7. The van der Waals surface area contributed by atoms with Gasteiger partial charge in [0.1, 0.15) is 0 Å². The molecule has 74 valence electrons. The van der Waals surface area contributed by atoms with Crippen LogP contribution >= 0.6 is 0 Å². The molecule has 0 N–H and O–H groups in total. The van der Waals surface area contributed by atoms with Crippen molar-refractivity contribution in [1.29, 1.82) is 0 Å². The van der Waals surface area contributed by atoms with Crippen LogP contribution in [0.15, 0.2) is 29.3 Å². The van der Waals surface area contributed by atoms with E-state index < -0.39 is 0 Å². The molecule has 1 atom stereocenters. The van der Waals surface area contributed by atoms with E-state index in [1.54, 1.807) is 0 Å². The molecule has 1 aromatic rings. The molecular formula is C13H17N. The summed E-state index contributed by atoms with van der Waals surface area (Å²) in [7, 11) is 0. The molecule has 0 amide bonds. The summed E-state index contributed by atoms with van der Waals surface area (Å²) < 4.78 is 0. The Hall–Kier alpha value is -1.11. The van der Waals surface area contributed by atoms with Gasteiger partial charge in [0.25, 0.3) is 0 Å². The second kappa shape index (κ2) is 3.95. The Labute approximate surface area is 85.9 Å². The highest BCUT2D eigenvalue weighted by atomic mass is 14.7. The summed E-state index contributed by atoms with van der Waals surface area (Å²) in [5.41, 5.74) is 4.17. The van der Waals surface area contributed by atoms with Crippen molar-refractivity contribution in [3.05, 3.63) is 35.4 Å². The van der Waals surface area contributed by atoms with E-state index in [9.17, 15) is 0 Å². The third kappa shape index (κ3) is 1.59. The van der Waals surface area contributed by atoms with Gasteiger partial charge >= 0.3 is 0 Å². The Bertz CT molecular complexity index is 352. The van der Waals surface area contributed by atoms with Crippen LogP contribution in [0, 0.1) is 0 Å². The minimum absolute atomic E-state index is 0.654. The predicted molar refractivity (Wildman–Crippen MR) is 61.2 cm³/mol. The Morgan fingerprint density at radius 2 is 2.14 bits per heavy atom. The minimum atomic E-state index is 0.654. The monoisotopic (exact) mass is 187 g/mol. The Balaban J connectivity index is 2.34. The van der Waals surface area contributed by atoms with E-state index >= 15 is 0 Å². The molecule has 1 nitrogen and oxygen atoms in total. The van der Waals surface area contributed by atoms with Gasteiger partial charge in [-0.2, -0.15) is 0 Å². The quantitative estimate of drug-likeness (QED) is 0.673. The molecule has 1 aliphatic carbocycles. The Morgan fingerprint density at radius 1 is 1.36 bits per heavy atom. The molecule has 0 saturated carbocycles. The maximum Gasteiger partial charge on any atom is 0.0429 e. The molecule has 1 unspecified atom stereocenters. The van der Waals surface area contributed by atoms with E-state index in [1.807, 2.05) is 0 Å². The van der Waals surface area contributed by atoms with Crippen LogP contribution < -0.4 is 0 Å². The summed E-state index contributed by atoms with van der Waals surface area (Å²) in [6.45, 7) is 5.43. The third-order valence-corrected chi connectivity index (χ3v) is 2.83. The van der Waals surface area contributed by atoms with Gasteiger partial charge < -0.3 is 0 Å². The van der Waals surface area contributed by atoms with Gasteiger partial charge in [0.2, 0.25) is 0 Å². The van der Waals surface area contributed by atoms with Crippen molar-refractivity contribution in [2.24, 2.45) is 4.99 Å². The highest BCUT2D eigenvalue weighted by molar-refractivity contribution is 6.05. The fraction of sp³-hybridized carbons (Fsp3) is 0.462. The molecule has 14 heavy (non-hydrogen) atoms. The van der Waals surface area contributed by atoms with Crippen molar-refractivity contribution in [2.75, 3.05) is 6.54 Å². The van der Waals surface area contributed by atoms with Crippen LogP contribution in [0.1, 0.15) is 43.7 Å². The molecule has 0 bridgehead atoms. The van der Waals surface area contributed by atoms with E-state index in [1.165, 1.54) is 16.8 Å². The summed E-state index contributed by atoms with van der Waals surface area (Å²) in [5.74, 6) is 0.654. The topological polar surface area (TPSA) is 12.4 Å². The lowest BCUT2D eigenvalue weighted by Crippen LogP contribution is -1.95. The van der Waals surface area contributed by atoms with Crippen molar-refractivity contribution in [3.8, 4) is 0 Å². The number of hydrogen-bond donors (Lipinski definition) is 0. The second-order valence-corrected chi connectivity index (χ2v) is 4.02. The largest absolute Gasteiger partial charge is 0.289 e. The summed E-state index contributed by atoms with van der Waals surface area (Å²) >= 11 is 0. The molecule has 0 aromatic heterocycles. The number of fused-ring (bicyclic) bond motifs is 1. The smallest absolute Gasteiger partial charge is 0.0429 e. The first-order valence-corrected chi connectivity index (χ1v) is 5.45. The van der Waals surface area contributed by atoms with Gasteiger partial charge in [-0.3, -0.25) is 4.99 Å². The number of hydrogen-bond acceptors (Lipinski definition) is 1. The van der Waals surface area contributed by atoms with E-state index in [4.69, 9.17) is 0 Å². The number of nitrogens with zero attached hydrogens (tertiary/aromatic N) is 1. The standard InChI is InChI=1S/C13H17N/c1-3-8-14-13-9-10(2)11-6-4-5-7-12(11)13/h4-7,10H,3,8-9H2,1-2H3. The lowest BCUT2D eigenvalue weighted by Gasteiger charge is -2.00. The van der Waals surface area contributed by atoms with Gasteiger partial charge in [-0.1, -0.05) is 38.1 Å². The molecule has 0 heterocycles. The minimum Gasteiger partial charge on any atom is -0.289 e. The first-order chi connectivity index (χ1) is 6.83. The van der Waals surface area contributed by atoms with E-state index in [-0.39, 0.29) is 0 Å². The number of rotatable bonds is 2. The first-order valence-electron chi connectivity index (χ1n) is 5.45. The second-order valence-electron chi connectivity index (χ2n) is 4.02. The van der Waals surface area contributed by atoms with Crippen molar-refractivity contribution in [2.45, 2.75) is 32.6 Å². The maximum atomic E-state index is 4.65. The Kier molecular flexibility index (Phi) is 2.67. The molecule has 1 aromatic carbocycles. The van der Waals surface area contributed by atoms with Gasteiger partial charge in [0.15, 0.2) is 0 Å². The fourth-order valence-corrected chi connectivity index (χ4v) is 2.10. The fourth-order valence-electron chi connectivity index (χ4n) is 2.10. The summed E-state index contributed by atoms with van der Waals surface area (Å²) in [6.07, 6.45) is 2.26. The van der Waals surface area contributed by atoms with Gasteiger partial charge in [-0.05, 0) is 29.9 Å². The highest BCUT2D eigenvalue weighted by Gasteiger charge is 2.22. The first kappa shape index (κ1) is 9.45. The molecule has 0 spiro atoms. The maximum absolute atomic E-state index is 4.65. The zero-order chi connectivity index (χ0) is 9.97. The van der Waals surface area contributed by atoms with Crippen LogP contribution in [-0.2, 0) is 0 Å². The molecule has 2 rings (SSSR count). The third-order valence-electron chi connectivity index (χ3n) is 2.83. The van der Waals surface area contributed by atoms with E-state index in [0.717, 1.165) is 19.4 Å². The van der Waals surface area contributed by atoms with Gasteiger partial charge in [-0.15, -0.1) is 0 Å². The number of aliphatic imine (C=N–C) groups is 1. The van der Waals surface area contributed by atoms with Crippen molar-refractivity contribution in [1.82, 2.24) is 0 Å². The van der Waals surface area contributed by atoms with Crippen LogP contribution in [0.25, 0.3) is 0 Å². The van der Waals surface area contributed by atoms with Crippen LogP contribution in [0.5, 0.6) is 0 Å². The lowest BCUT2D eigenvalue weighted by atomic mass is 10.0. The lowest BCUT2D eigenvalue weighted by molar-refractivity contribution is 0.829. The number of benzene rings is 1. The molecule has 0 aliphatic heterocycles. The molecule has 0 saturated heterocycles. The van der Waals surface area contributed by atoms with Crippen molar-refractivity contribution >= 4 is 5.71 Å². The zero-order valence-corrected chi connectivity index (χ0v) is 8.96.